The molecule has 3 N–H and O–H groups in total. The molecule has 0 bridgehead atoms. The van der Waals surface area contributed by atoms with E-state index in [1.54, 1.807) is 12.1 Å². The molecule has 150 valence electrons. The third-order valence-electron chi connectivity index (χ3n) is 5.32. The van der Waals surface area contributed by atoms with Crippen molar-refractivity contribution < 1.29 is 9.72 Å². The van der Waals surface area contributed by atoms with E-state index in [-0.39, 0.29) is 22.7 Å². The average molecular weight is 411 g/mol. The van der Waals surface area contributed by atoms with E-state index >= 15 is 0 Å². The SMILES string of the molecule is CSc1nc(N)c2c(n1)NC1=C(C(=O)CC(C)(C)C1)C2c1cccc([N+](=O)[O-])c1. The second-order valence-corrected chi connectivity index (χ2v) is 8.87. The van der Waals surface area contributed by atoms with Gasteiger partial charge in [0.25, 0.3) is 5.69 Å². The summed E-state index contributed by atoms with van der Waals surface area (Å²) in [6.07, 6.45) is 2.94. The number of thioether (sulfide) groups is 1. The van der Waals surface area contributed by atoms with Gasteiger partial charge in [-0.05, 0) is 23.7 Å². The van der Waals surface area contributed by atoms with Crippen molar-refractivity contribution in [1.29, 1.82) is 0 Å². The van der Waals surface area contributed by atoms with Crippen molar-refractivity contribution in [2.24, 2.45) is 5.41 Å². The molecule has 2 aromatic rings. The zero-order chi connectivity index (χ0) is 20.9. The molecule has 0 amide bonds. The second-order valence-electron chi connectivity index (χ2n) is 8.10. The number of nitrogens with one attached hydrogen (secondary N) is 1. The monoisotopic (exact) mass is 411 g/mol. The number of hydrogen-bond acceptors (Lipinski definition) is 8. The zero-order valence-electron chi connectivity index (χ0n) is 16.4. The van der Waals surface area contributed by atoms with Gasteiger partial charge in [-0.2, -0.15) is 0 Å². The Morgan fingerprint density at radius 1 is 1.31 bits per heavy atom. The third kappa shape index (κ3) is 3.35. The van der Waals surface area contributed by atoms with Crippen molar-refractivity contribution in [3.8, 4) is 0 Å². The van der Waals surface area contributed by atoms with E-state index in [0.717, 1.165) is 5.70 Å². The summed E-state index contributed by atoms with van der Waals surface area (Å²) in [5.74, 6) is 0.301. The molecule has 0 saturated carbocycles. The molecule has 0 saturated heterocycles. The molecule has 1 atom stereocenters. The van der Waals surface area contributed by atoms with Crippen LogP contribution in [0.15, 0.2) is 40.7 Å². The minimum atomic E-state index is -0.541. The molecule has 9 heteroatoms. The van der Waals surface area contributed by atoms with Crippen LogP contribution in [0.3, 0.4) is 0 Å². The number of nitrogens with zero attached hydrogens (tertiary/aromatic N) is 3. The summed E-state index contributed by atoms with van der Waals surface area (Å²) in [4.78, 5) is 33.0. The molecular formula is C20H21N5O3S. The highest BCUT2D eigenvalue weighted by Gasteiger charge is 2.42. The Labute approximate surface area is 172 Å². The van der Waals surface area contributed by atoms with Crippen LogP contribution in [0.4, 0.5) is 17.3 Å². The van der Waals surface area contributed by atoms with Crippen molar-refractivity contribution in [2.75, 3.05) is 17.3 Å². The number of nitrogen functional groups attached to an aromatic ring is 1. The van der Waals surface area contributed by atoms with Gasteiger partial charge in [0, 0.05) is 41.3 Å². The van der Waals surface area contributed by atoms with Gasteiger partial charge in [-0.25, -0.2) is 9.97 Å². The fourth-order valence-corrected chi connectivity index (χ4v) is 4.53. The summed E-state index contributed by atoms with van der Waals surface area (Å²) in [5, 5.41) is 15.2. The number of fused-ring (bicyclic) bond motifs is 1. The van der Waals surface area contributed by atoms with Gasteiger partial charge in [0.2, 0.25) is 0 Å². The van der Waals surface area contributed by atoms with Gasteiger partial charge in [-0.1, -0.05) is 37.7 Å². The van der Waals surface area contributed by atoms with Gasteiger partial charge >= 0.3 is 0 Å². The van der Waals surface area contributed by atoms with E-state index in [1.165, 1.54) is 23.9 Å². The molecule has 29 heavy (non-hydrogen) atoms. The zero-order valence-corrected chi connectivity index (χ0v) is 17.2. The molecular weight excluding hydrogens is 390 g/mol. The first-order chi connectivity index (χ1) is 13.7. The first-order valence-electron chi connectivity index (χ1n) is 9.19. The van der Waals surface area contributed by atoms with E-state index in [1.807, 2.05) is 6.26 Å². The molecule has 1 aromatic heterocycles. The number of allylic oxidation sites excluding steroid dienone is 2. The highest BCUT2D eigenvalue weighted by molar-refractivity contribution is 7.98. The number of carbonyl (C=O) groups is 1. The van der Waals surface area contributed by atoms with Gasteiger partial charge in [0.05, 0.1) is 4.92 Å². The lowest BCUT2D eigenvalue weighted by Crippen LogP contribution is -2.34. The van der Waals surface area contributed by atoms with Crippen molar-refractivity contribution in [1.82, 2.24) is 9.97 Å². The van der Waals surface area contributed by atoms with Crippen molar-refractivity contribution in [3.05, 3.63) is 56.8 Å². The molecule has 8 nitrogen and oxygen atoms in total. The topological polar surface area (TPSA) is 124 Å². The Morgan fingerprint density at radius 2 is 2.07 bits per heavy atom. The molecule has 0 radical (unpaired) electrons. The predicted molar refractivity (Wildman–Crippen MR) is 112 cm³/mol. The predicted octanol–water partition coefficient (Wildman–Crippen LogP) is 3.89. The van der Waals surface area contributed by atoms with E-state index in [0.29, 0.717) is 40.5 Å². The second kappa shape index (κ2) is 6.84. The lowest BCUT2D eigenvalue weighted by molar-refractivity contribution is -0.384. The molecule has 4 rings (SSSR count). The molecule has 2 heterocycles. The Balaban J connectivity index is 1.98. The summed E-state index contributed by atoms with van der Waals surface area (Å²) < 4.78 is 0. The van der Waals surface area contributed by atoms with Gasteiger partial charge in [0.1, 0.15) is 11.6 Å². The van der Waals surface area contributed by atoms with Crippen LogP contribution in [0, 0.1) is 15.5 Å². The number of aromatic nitrogens is 2. The number of nitro groups is 1. The van der Waals surface area contributed by atoms with Gasteiger partial charge < -0.3 is 11.1 Å². The van der Waals surface area contributed by atoms with Crippen LogP contribution in [0.5, 0.6) is 0 Å². The summed E-state index contributed by atoms with van der Waals surface area (Å²) in [5.41, 5.74) is 8.71. The number of nitrogens with two attached hydrogens (primary N) is 1. The maximum atomic E-state index is 13.2. The van der Waals surface area contributed by atoms with Gasteiger partial charge in [0.15, 0.2) is 10.9 Å². The van der Waals surface area contributed by atoms with Crippen LogP contribution < -0.4 is 11.1 Å². The molecule has 1 aliphatic carbocycles. The van der Waals surface area contributed by atoms with Crippen LogP contribution in [0.2, 0.25) is 0 Å². The van der Waals surface area contributed by atoms with E-state index in [9.17, 15) is 14.9 Å². The van der Waals surface area contributed by atoms with Crippen LogP contribution >= 0.6 is 11.8 Å². The highest BCUT2D eigenvalue weighted by Crippen LogP contribution is 2.50. The van der Waals surface area contributed by atoms with Crippen LogP contribution in [0.1, 0.15) is 43.7 Å². The number of carbonyl (C=O) groups excluding carboxylic acids is 1. The smallest absolute Gasteiger partial charge is 0.269 e. The normalized spacial score (nSPS) is 20.0. The van der Waals surface area contributed by atoms with E-state index in [2.05, 4.69) is 29.1 Å². The average Bonchev–Trinajstić information content (AvgIpc) is 2.65. The van der Waals surface area contributed by atoms with Crippen molar-refractivity contribution >= 4 is 34.9 Å². The standard InChI is InChI=1S/C20H21N5O3S/c1-20(2)8-12-15(13(26)9-20)14(10-5-4-6-11(7-10)25(27)28)16-17(21)23-19(29-3)24-18(16)22-12/h4-7,14H,8-9H2,1-3H3,(H3,21,22,23,24). The quantitative estimate of drug-likeness (QED) is 0.337. The maximum absolute atomic E-state index is 13.2. The van der Waals surface area contributed by atoms with Crippen molar-refractivity contribution in [2.45, 2.75) is 37.8 Å². The largest absolute Gasteiger partial charge is 0.383 e. The van der Waals surface area contributed by atoms with Gasteiger partial charge in [-0.15, -0.1) is 0 Å². The molecule has 0 spiro atoms. The fourth-order valence-electron chi connectivity index (χ4n) is 4.16. The summed E-state index contributed by atoms with van der Waals surface area (Å²) in [6, 6.07) is 6.34. The minimum absolute atomic E-state index is 0.0132. The Kier molecular flexibility index (Phi) is 4.57. The third-order valence-corrected chi connectivity index (χ3v) is 5.87. The van der Waals surface area contributed by atoms with E-state index in [4.69, 9.17) is 5.73 Å². The summed E-state index contributed by atoms with van der Waals surface area (Å²) in [6.45, 7) is 4.10. The number of nitro benzene ring substituents is 1. The number of non-ortho nitro benzene ring substituents is 1. The number of ketones is 1. The molecule has 1 aromatic carbocycles. The molecule has 0 fully saturated rings. The van der Waals surface area contributed by atoms with Gasteiger partial charge in [-0.3, -0.25) is 14.9 Å². The van der Waals surface area contributed by atoms with Crippen LogP contribution in [0.25, 0.3) is 0 Å². The number of Topliss-reactive ketones (excluding diaryl/α,β-unsaturated/α-hetero) is 1. The number of benzene rings is 1. The minimum Gasteiger partial charge on any atom is -0.383 e. The summed E-state index contributed by atoms with van der Waals surface area (Å²) in [7, 11) is 0. The Bertz CT molecular complexity index is 1080. The van der Waals surface area contributed by atoms with E-state index < -0.39 is 10.8 Å². The van der Waals surface area contributed by atoms with Crippen LogP contribution in [-0.4, -0.2) is 26.9 Å². The first-order valence-corrected chi connectivity index (χ1v) is 10.4. The Hall–Kier alpha value is -2.94. The lowest BCUT2D eigenvalue weighted by atomic mass is 9.69. The lowest BCUT2D eigenvalue weighted by Gasteiger charge is -2.39. The fraction of sp³-hybridized carbons (Fsp3) is 0.350. The highest BCUT2D eigenvalue weighted by atomic mass is 32.2. The number of anilines is 2. The van der Waals surface area contributed by atoms with Crippen molar-refractivity contribution in [3.63, 3.8) is 0 Å². The molecule has 1 unspecified atom stereocenters. The molecule has 2 aliphatic rings. The summed E-state index contributed by atoms with van der Waals surface area (Å²) >= 11 is 1.37. The van der Waals surface area contributed by atoms with Crippen LogP contribution in [-0.2, 0) is 4.79 Å². The number of rotatable bonds is 3. The maximum Gasteiger partial charge on any atom is 0.269 e. The number of hydrogen-bond donors (Lipinski definition) is 2. The molecule has 1 aliphatic heterocycles. The first kappa shape index (κ1) is 19.4. The Morgan fingerprint density at radius 3 is 2.76 bits per heavy atom.